The molecule has 7 heteroatoms. The second kappa shape index (κ2) is 8.15. The maximum Gasteiger partial charge on any atom is 0.280 e. The van der Waals surface area contributed by atoms with E-state index in [0.717, 1.165) is 45.1 Å². The van der Waals surface area contributed by atoms with Crippen molar-refractivity contribution in [1.29, 1.82) is 0 Å². The zero-order chi connectivity index (χ0) is 15.3. The highest BCUT2D eigenvalue weighted by atomic mass is 32.2. The number of thioether (sulfide) groups is 1. The van der Waals surface area contributed by atoms with Crippen molar-refractivity contribution in [3.8, 4) is 0 Å². The minimum Gasteiger partial charge on any atom is -0.318 e. The molecule has 3 atom stereocenters. The molecule has 3 unspecified atom stereocenters. The second-order valence-electron chi connectivity index (χ2n) is 6.11. The summed E-state index contributed by atoms with van der Waals surface area (Å²) in [6.45, 7) is 1.38. The van der Waals surface area contributed by atoms with E-state index in [-0.39, 0.29) is 12.1 Å². The number of nitrogens with one attached hydrogen (secondary N) is 2. The quantitative estimate of drug-likeness (QED) is 0.773. The lowest BCUT2D eigenvalue weighted by molar-refractivity contribution is 0.243. The molecule has 1 aliphatic carbocycles. The predicted octanol–water partition coefficient (Wildman–Crippen LogP) is 1.57. The van der Waals surface area contributed by atoms with Gasteiger partial charge in [0.15, 0.2) is 0 Å². The van der Waals surface area contributed by atoms with Crippen molar-refractivity contribution in [2.45, 2.75) is 62.3 Å². The maximum absolute atomic E-state index is 12.8. The average molecular weight is 336 g/mol. The third kappa shape index (κ3) is 4.58. The van der Waals surface area contributed by atoms with E-state index in [0.29, 0.717) is 11.8 Å². The molecule has 2 aliphatic rings. The topological polar surface area (TPSA) is 61.4 Å². The van der Waals surface area contributed by atoms with E-state index >= 15 is 0 Å². The lowest BCUT2D eigenvalue weighted by atomic mass is 9.96. The van der Waals surface area contributed by atoms with Crippen LogP contribution in [0, 0.1) is 0 Å². The van der Waals surface area contributed by atoms with Crippen molar-refractivity contribution in [2.75, 3.05) is 26.4 Å². The van der Waals surface area contributed by atoms with Crippen LogP contribution < -0.4 is 10.0 Å². The Kier molecular flexibility index (Phi) is 6.80. The SMILES string of the molecule is CNCC1CCCCN1S(=O)(=O)NC1CCCCC1SC. The molecule has 1 saturated heterocycles. The van der Waals surface area contributed by atoms with Crippen molar-refractivity contribution in [2.24, 2.45) is 0 Å². The Balaban J connectivity index is 2.05. The molecule has 0 aromatic heterocycles. The summed E-state index contributed by atoms with van der Waals surface area (Å²) in [6.07, 6.45) is 9.57. The summed E-state index contributed by atoms with van der Waals surface area (Å²) in [5.41, 5.74) is 0. The lowest BCUT2D eigenvalue weighted by Crippen LogP contribution is -2.55. The molecule has 0 spiro atoms. The first-order valence-electron chi connectivity index (χ1n) is 8.05. The van der Waals surface area contributed by atoms with Crippen LogP contribution in [0.25, 0.3) is 0 Å². The van der Waals surface area contributed by atoms with E-state index in [1.165, 1.54) is 6.42 Å². The van der Waals surface area contributed by atoms with Crippen molar-refractivity contribution in [3.63, 3.8) is 0 Å². The van der Waals surface area contributed by atoms with Crippen LogP contribution in [-0.4, -0.2) is 56.4 Å². The van der Waals surface area contributed by atoms with Gasteiger partial charge in [-0.05, 0) is 39.0 Å². The number of likely N-dealkylation sites (N-methyl/N-ethyl adjacent to an activating group) is 1. The summed E-state index contributed by atoms with van der Waals surface area (Å²) in [5, 5.41) is 3.54. The van der Waals surface area contributed by atoms with Gasteiger partial charge in [0.05, 0.1) is 0 Å². The molecule has 124 valence electrons. The van der Waals surface area contributed by atoms with E-state index in [9.17, 15) is 8.42 Å². The largest absolute Gasteiger partial charge is 0.318 e. The third-order valence-corrected chi connectivity index (χ3v) is 7.50. The van der Waals surface area contributed by atoms with Crippen LogP contribution in [0.15, 0.2) is 0 Å². The van der Waals surface area contributed by atoms with Crippen LogP contribution >= 0.6 is 11.8 Å². The standard InChI is InChI=1S/C14H29N3O2S2/c1-15-11-12-7-5-6-10-17(12)21(18,19)16-13-8-3-4-9-14(13)20-2/h12-16H,3-11H2,1-2H3. The fourth-order valence-corrected chi connectivity index (χ4v) is 6.27. The Morgan fingerprint density at radius 2 is 1.86 bits per heavy atom. The normalized spacial score (nSPS) is 32.2. The van der Waals surface area contributed by atoms with Crippen LogP contribution in [0.3, 0.4) is 0 Å². The van der Waals surface area contributed by atoms with Gasteiger partial charge in [0.1, 0.15) is 0 Å². The highest BCUT2D eigenvalue weighted by Crippen LogP contribution is 2.28. The van der Waals surface area contributed by atoms with E-state index < -0.39 is 10.2 Å². The fraction of sp³-hybridized carbons (Fsp3) is 1.00. The molecule has 1 saturated carbocycles. The molecule has 2 rings (SSSR count). The number of hydrogen-bond donors (Lipinski definition) is 2. The van der Waals surface area contributed by atoms with Gasteiger partial charge < -0.3 is 5.32 Å². The molecule has 5 nitrogen and oxygen atoms in total. The highest BCUT2D eigenvalue weighted by molar-refractivity contribution is 7.99. The monoisotopic (exact) mass is 335 g/mol. The zero-order valence-electron chi connectivity index (χ0n) is 13.2. The Hall–Kier alpha value is 0.180. The number of nitrogens with zero attached hydrogens (tertiary/aromatic N) is 1. The van der Waals surface area contributed by atoms with E-state index in [4.69, 9.17) is 0 Å². The van der Waals surface area contributed by atoms with Gasteiger partial charge in [-0.1, -0.05) is 19.3 Å². The van der Waals surface area contributed by atoms with Crippen LogP contribution in [0.1, 0.15) is 44.9 Å². The van der Waals surface area contributed by atoms with Crippen molar-refractivity contribution in [1.82, 2.24) is 14.3 Å². The Bertz CT molecular complexity index is 414. The van der Waals surface area contributed by atoms with Crippen LogP contribution in [0.5, 0.6) is 0 Å². The summed E-state index contributed by atoms with van der Waals surface area (Å²) in [7, 11) is -1.48. The van der Waals surface area contributed by atoms with Crippen molar-refractivity contribution >= 4 is 22.0 Å². The molecule has 1 aliphatic heterocycles. The molecule has 2 N–H and O–H groups in total. The van der Waals surface area contributed by atoms with Crippen LogP contribution in [0.4, 0.5) is 0 Å². The molecule has 0 aromatic rings. The maximum atomic E-state index is 12.8. The van der Waals surface area contributed by atoms with E-state index in [1.807, 2.05) is 7.05 Å². The first-order chi connectivity index (χ1) is 10.1. The molecule has 0 aromatic carbocycles. The Morgan fingerprint density at radius 1 is 1.14 bits per heavy atom. The number of piperidine rings is 1. The Morgan fingerprint density at radius 3 is 2.57 bits per heavy atom. The molecule has 2 fully saturated rings. The van der Waals surface area contributed by atoms with Gasteiger partial charge in [0.2, 0.25) is 0 Å². The summed E-state index contributed by atoms with van der Waals surface area (Å²) in [4.78, 5) is 0. The molecule has 0 bridgehead atoms. The van der Waals surface area contributed by atoms with Gasteiger partial charge in [0.25, 0.3) is 10.2 Å². The molecule has 1 heterocycles. The third-order valence-electron chi connectivity index (χ3n) is 4.63. The van der Waals surface area contributed by atoms with Crippen LogP contribution in [0.2, 0.25) is 0 Å². The van der Waals surface area contributed by atoms with Gasteiger partial charge in [0, 0.05) is 30.4 Å². The first-order valence-corrected chi connectivity index (χ1v) is 10.8. The summed E-state index contributed by atoms with van der Waals surface area (Å²) in [5.74, 6) is 0. The van der Waals surface area contributed by atoms with E-state index in [1.54, 1.807) is 16.1 Å². The number of rotatable bonds is 6. The molecular weight excluding hydrogens is 306 g/mol. The highest BCUT2D eigenvalue weighted by Gasteiger charge is 2.35. The molecule has 0 radical (unpaired) electrons. The molecule has 21 heavy (non-hydrogen) atoms. The van der Waals surface area contributed by atoms with Crippen LogP contribution in [-0.2, 0) is 10.2 Å². The summed E-state index contributed by atoms with van der Waals surface area (Å²) < 4.78 is 30.3. The lowest BCUT2D eigenvalue weighted by Gasteiger charge is -2.37. The van der Waals surface area contributed by atoms with Crippen molar-refractivity contribution < 1.29 is 8.42 Å². The van der Waals surface area contributed by atoms with Gasteiger partial charge in [-0.25, -0.2) is 0 Å². The smallest absolute Gasteiger partial charge is 0.280 e. The summed E-state index contributed by atoms with van der Waals surface area (Å²) >= 11 is 1.79. The first kappa shape index (κ1) is 17.5. The zero-order valence-corrected chi connectivity index (χ0v) is 14.8. The summed E-state index contributed by atoms with van der Waals surface area (Å²) in [6, 6.07) is 0.188. The van der Waals surface area contributed by atoms with E-state index in [2.05, 4.69) is 16.3 Å². The molecular formula is C14H29N3O2S2. The fourth-order valence-electron chi connectivity index (χ4n) is 3.50. The van der Waals surface area contributed by atoms with Gasteiger partial charge in [-0.2, -0.15) is 29.2 Å². The van der Waals surface area contributed by atoms with Gasteiger partial charge >= 0.3 is 0 Å². The predicted molar refractivity (Wildman–Crippen MR) is 89.9 cm³/mol. The minimum absolute atomic E-state index is 0.0934. The van der Waals surface area contributed by atoms with Gasteiger partial charge in [-0.15, -0.1) is 0 Å². The number of hydrogen-bond acceptors (Lipinski definition) is 4. The van der Waals surface area contributed by atoms with Crippen molar-refractivity contribution in [3.05, 3.63) is 0 Å². The molecule has 0 amide bonds. The Labute approximate surface area is 133 Å². The second-order valence-corrected chi connectivity index (χ2v) is 8.84. The minimum atomic E-state index is -3.37. The average Bonchev–Trinajstić information content (AvgIpc) is 2.48. The van der Waals surface area contributed by atoms with Gasteiger partial charge in [-0.3, -0.25) is 0 Å².